The van der Waals surface area contributed by atoms with Gasteiger partial charge in [-0.1, -0.05) is 142 Å². The number of anilines is 3. The van der Waals surface area contributed by atoms with Crippen LogP contribution >= 0.6 is 0 Å². The van der Waals surface area contributed by atoms with Crippen LogP contribution in [0.2, 0.25) is 0 Å². The van der Waals surface area contributed by atoms with Gasteiger partial charge in [0.15, 0.2) is 0 Å². The second-order valence-electron chi connectivity index (χ2n) is 17.1. The Hall–Kier alpha value is -6.32. The lowest BCUT2D eigenvalue weighted by atomic mass is 9.56. The summed E-state index contributed by atoms with van der Waals surface area (Å²) < 4.78 is 6.75. The first-order valence-corrected chi connectivity index (χ1v) is 21.5. The van der Waals surface area contributed by atoms with Gasteiger partial charge in [-0.2, -0.15) is 0 Å². The maximum atomic E-state index is 6.75. The van der Waals surface area contributed by atoms with Crippen LogP contribution in [0.4, 0.5) is 17.1 Å². The van der Waals surface area contributed by atoms with Crippen LogP contribution in [0.15, 0.2) is 150 Å². The predicted molar refractivity (Wildman–Crippen MR) is 293 cm³/mol. The molecule has 61 heavy (non-hydrogen) atoms. The van der Waals surface area contributed by atoms with Gasteiger partial charge in [0, 0.05) is 33.1 Å². The second kappa shape index (κ2) is 15.0. The van der Waals surface area contributed by atoms with Crippen LogP contribution in [0.1, 0.15) is 0 Å². The van der Waals surface area contributed by atoms with Crippen molar-refractivity contribution in [3.8, 4) is 33.4 Å². The number of hydrogen-bond donors (Lipinski definition) is 0. The van der Waals surface area contributed by atoms with Gasteiger partial charge in [0.1, 0.15) is 81.8 Å². The molecule has 0 atom stereocenters. The molecular weight excluding hydrogens is 728 g/mol. The zero-order valence-electron chi connectivity index (χ0n) is 36.7. The maximum absolute atomic E-state index is 6.75. The van der Waals surface area contributed by atoms with E-state index in [1.54, 1.807) is 0 Å². The Labute approximate surface area is 366 Å². The van der Waals surface area contributed by atoms with Gasteiger partial charge in [0.2, 0.25) is 0 Å². The average Bonchev–Trinajstić information content (AvgIpc) is 3.69. The Morgan fingerprint density at radius 2 is 0.934 bits per heavy atom. The van der Waals surface area contributed by atoms with Gasteiger partial charge in [0.25, 0.3) is 0 Å². The molecule has 1 heterocycles. The van der Waals surface area contributed by atoms with Crippen molar-refractivity contribution in [3.05, 3.63) is 146 Å². The minimum Gasteiger partial charge on any atom is -0.455 e. The Bertz CT molecular complexity index is 3390. The number of para-hydroxylation sites is 1. The first kappa shape index (κ1) is 38.9. The van der Waals surface area contributed by atoms with Gasteiger partial charge >= 0.3 is 0 Å². The second-order valence-corrected chi connectivity index (χ2v) is 17.1. The molecule has 0 aliphatic rings. The van der Waals surface area contributed by atoms with Crippen molar-refractivity contribution in [2.45, 2.75) is 0 Å². The van der Waals surface area contributed by atoms with Crippen molar-refractivity contribution in [3.63, 3.8) is 0 Å². The molecule has 0 N–H and O–H groups in total. The monoisotopic (exact) mass is 771 g/mol. The highest BCUT2D eigenvalue weighted by molar-refractivity contribution is 6.71. The van der Waals surface area contributed by atoms with E-state index >= 15 is 0 Å². The van der Waals surface area contributed by atoms with Crippen LogP contribution < -0.4 is 54.1 Å². The molecule has 0 aliphatic heterocycles. The number of hydrogen-bond acceptors (Lipinski definition) is 2. The largest absolute Gasteiger partial charge is 0.455 e. The fraction of sp³-hybridized carbons (Fsp3) is 0. The normalized spacial score (nSPS) is 11.5. The number of rotatable bonds is 6. The van der Waals surface area contributed by atoms with E-state index in [1.165, 1.54) is 93.3 Å². The predicted octanol–water partition coefficient (Wildman–Crippen LogP) is -1.31. The van der Waals surface area contributed by atoms with Crippen molar-refractivity contribution in [1.29, 1.82) is 0 Å². The summed E-state index contributed by atoms with van der Waals surface area (Å²) in [7, 11) is 20.8. The molecule has 9 aromatic carbocycles. The van der Waals surface area contributed by atoms with Crippen molar-refractivity contribution in [1.82, 2.24) is 0 Å². The summed E-state index contributed by atoms with van der Waals surface area (Å²) in [6, 6.07) is 53.0. The minimum atomic E-state index is 0.890. The van der Waals surface area contributed by atoms with E-state index < -0.39 is 0 Å². The Kier molecular flexibility index (Phi) is 9.55. The number of nitrogens with zero attached hydrogens (tertiary/aromatic N) is 1. The Morgan fingerprint density at radius 3 is 1.67 bits per heavy atom. The van der Waals surface area contributed by atoms with E-state index in [4.69, 9.17) is 4.42 Å². The van der Waals surface area contributed by atoms with Gasteiger partial charge in [-0.3, -0.25) is 0 Å². The van der Waals surface area contributed by atoms with Crippen LogP contribution in [0.3, 0.4) is 0 Å². The molecule has 0 saturated carbocycles. The standard InChI is InChI=1S/C50H42B9NO/c51-40-38(41(52)45(56)46(57)44(40)55)39-42(53)47(58)49(48(59)43(39)54)60(30-13-7-12-28(24-30)29-20-19-25-9-1-2-11-27(25)23-29)35-17-6-5-15-32(35)33-16-8-18-36-37(33)34-22-21-26-10-3-4-14-31(26)50(34)61-36/h1-24H,51-59H2. The number of benzene rings is 9. The zero-order chi connectivity index (χ0) is 42.3. The SMILES string of the molecule is Bc1c(B)c(B)c(-c2c(B)c(B)c(N(c3cccc(-c4ccc5ccccc5c4)c3)c3ccccc3-c3cccc4oc5c6ccccc6ccc5c34)c(B)c2B)c(B)c1B. The van der Waals surface area contributed by atoms with Gasteiger partial charge in [-0.15, -0.1) is 16.4 Å². The first-order chi connectivity index (χ1) is 29.5. The Balaban J connectivity index is 1.26. The molecule has 0 aliphatic carbocycles. The average molecular weight is 770 g/mol. The van der Waals surface area contributed by atoms with E-state index in [-0.39, 0.29) is 0 Å². The molecule has 280 valence electrons. The third-order valence-corrected chi connectivity index (χ3v) is 14.1. The van der Waals surface area contributed by atoms with Crippen molar-refractivity contribution >= 4 is 180 Å². The van der Waals surface area contributed by atoms with Gasteiger partial charge in [-0.25, -0.2) is 0 Å². The molecular formula is C50H42B9NO. The fourth-order valence-electron chi connectivity index (χ4n) is 10.1. The lowest BCUT2D eigenvalue weighted by Crippen LogP contribution is -2.57. The van der Waals surface area contributed by atoms with Crippen LogP contribution in [0.5, 0.6) is 0 Å². The molecule has 2 nitrogen and oxygen atoms in total. The number of furan rings is 1. The summed E-state index contributed by atoms with van der Waals surface area (Å²) in [6.45, 7) is 0. The minimum absolute atomic E-state index is 0.890. The number of fused-ring (bicyclic) bond motifs is 6. The Morgan fingerprint density at radius 1 is 0.377 bits per heavy atom. The van der Waals surface area contributed by atoms with E-state index in [9.17, 15) is 0 Å². The third-order valence-electron chi connectivity index (χ3n) is 14.1. The topological polar surface area (TPSA) is 16.4 Å². The van der Waals surface area contributed by atoms with Crippen LogP contribution in [0, 0.1) is 0 Å². The molecule has 11 heteroatoms. The highest BCUT2D eigenvalue weighted by Crippen LogP contribution is 2.45. The van der Waals surface area contributed by atoms with Crippen LogP contribution in [-0.4, -0.2) is 70.6 Å². The molecule has 0 radical (unpaired) electrons. The third kappa shape index (κ3) is 6.15. The van der Waals surface area contributed by atoms with Crippen molar-refractivity contribution in [2.24, 2.45) is 0 Å². The molecule has 0 spiro atoms. The molecule has 0 bridgehead atoms. The molecule has 10 rings (SSSR count). The molecule has 0 fully saturated rings. The quantitative estimate of drug-likeness (QED) is 0.196. The van der Waals surface area contributed by atoms with E-state index in [0.717, 1.165) is 49.8 Å². The van der Waals surface area contributed by atoms with Crippen LogP contribution in [-0.2, 0) is 0 Å². The van der Waals surface area contributed by atoms with Crippen molar-refractivity contribution < 1.29 is 4.42 Å². The van der Waals surface area contributed by atoms with E-state index in [2.05, 4.69) is 221 Å². The lowest BCUT2D eigenvalue weighted by Gasteiger charge is -2.35. The van der Waals surface area contributed by atoms with Gasteiger partial charge < -0.3 is 9.32 Å². The molecule has 10 aromatic rings. The summed E-state index contributed by atoms with van der Waals surface area (Å²) in [6.07, 6.45) is 0. The molecule has 0 saturated heterocycles. The summed E-state index contributed by atoms with van der Waals surface area (Å²) >= 11 is 0. The summed E-state index contributed by atoms with van der Waals surface area (Å²) in [5.74, 6) is 0. The highest BCUT2D eigenvalue weighted by Gasteiger charge is 2.27. The lowest BCUT2D eigenvalue weighted by molar-refractivity contribution is 0.673. The van der Waals surface area contributed by atoms with Crippen LogP contribution in [0.25, 0.3) is 76.9 Å². The molecule has 0 amide bonds. The summed E-state index contributed by atoms with van der Waals surface area (Å²) in [5.41, 5.74) is 24.8. The van der Waals surface area contributed by atoms with Gasteiger partial charge in [0.05, 0.1) is 5.69 Å². The maximum Gasteiger partial charge on any atom is 0.143 e. The summed E-state index contributed by atoms with van der Waals surface area (Å²) in [5, 5.41) is 7.05. The van der Waals surface area contributed by atoms with E-state index in [0.29, 0.717) is 0 Å². The molecule has 1 aromatic heterocycles. The van der Waals surface area contributed by atoms with Gasteiger partial charge in [-0.05, 0) is 80.4 Å². The highest BCUT2D eigenvalue weighted by atomic mass is 16.3. The summed E-state index contributed by atoms with van der Waals surface area (Å²) in [4.78, 5) is 2.54. The first-order valence-electron chi connectivity index (χ1n) is 21.5. The molecule has 0 unspecified atom stereocenters. The van der Waals surface area contributed by atoms with E-state index in [1.807, 2.05) is 0 Å². The van der Waals surface area contributed by atoms with Crippen molar-refractivity contribution in [2.75, 3.05) is 4.90 Å². The smallest absolute Gasteiger partial charge is 0.143 e. The fourth-order valence-corrected chi connectivity index (χ4v) is 10.1. The zero-order valence-corrected chi connectivity index (χ0v) is 36.7.